The van der Waals surface area contributed by atoms with Gasteiger partial charge in [0, 0.05) is 43.6 Å². The highest BCUT2D eigenvalue weighted by atomic mass is 35.5. The van der Waals surface area contributed by atoms with Crippen molar-refractivity contribution in [3.63, 3.8) is 0 Å². The molecule has 1 N–H and O–H groups in total. The average Bonchev–Trinajstić information content (AvgIpc) is 2.83. The lowest BCUT2D eigenvalue weighted by atomic mass is 10.1. The molecule has 3 rings (SSSR count). The van der Waals surface area contributed by atoms with Crippen molar-refractivity contribution >= 4 is 35.1 Å². The Kier molecular flexibility index (Phi) is 10.8. The smallest absolute Gasteiger partial charge is 0.251 e. The van der Waals surface area contributed by atoms with Crippen molar-refractivity contribution in [2.24, 2.45) is 0 Å². The SMILES string of the molecule is CCCN(CCC)c1cc(Cl)nc(SCc2ccc(C(=O)NCCN3CCCCC3)cc2)n1. The summed E-state index contributed by atoms with van der Waals surface area (Å²) < 4.78 is 0. The van der Waals surface area contributed by atoms with Crippen molar-refractivity contribution in [2.75, 3.05) is 44.2 Å². The van der Waals surface area contributed by atoms with Crippen LogP contribution < -0.4 is 10.2 Å². The summed E-state index contributed by atoms with van der Waals surface area (Å²) >= 11 is 7.84. The maximum atomic E-state index is 12.4. The summed E-state index contributed by atoms with van der Waals surface area (Å²) in [5.41, 5.74) is 1.81. The Labute approximate surface area is 207 Å². The summed E-state index contributed by atoms with van der Waals surface area (Å²) in [5, 5.41) is 4.19. The second kappa shape index (κ2) is 13.8. The molecule has 1 aliphatic heterocycles. The van der Waals surface area contributed by atoms with Gasteiger partial charge < -0.3 is 15.1 Å². The van der Waals surface area contributed by atoms with Crippen LogP contribution in [0.2, 0.25) is 5.15 Å². The first-order chi connectivity index (χ1) is 16.1. The van der Waals surface area contributed by atoms with E-state index in [1.807, 2.05) is 30.3 Å². The van der Waals surface area contributed by atoms with Crippen LogP contribution in [0.5, 0.6) is 0 Å². The van der Waals surface area contributed by atoms with Gasteiger partial charge in [0.05, 0.1) is 0 Å². The fourth-order valence-corrected chi connectivity index (χ4v) is 5.04. The molecule has 1 amide bonds. The van der Waals surface area contributed by atoms with Crippen LogP contribution in [-0.2, 0) is 5.75 Å². The number of likely N-dealkylation sites (tertiary alicyclic amines) is 1. The van der Waals surface area contributed by atoms with Gasteiger partial charge in [-0.25, -0.2) is 9.97 Å². The van der Waals surface area contributed by atoms with E-state index in [4.69, 9.17) is 16.6 Å². The number of piperidine rings is 1. The van der Waals surface area contributed by atoms with Gasteiger partial charge in [-0.3, -0.25) is 4.79 Å². The van der Waals surface area contributed by atoms with Crippen LogP contribution in [0.4, 0.5) is 5.82 Å². The Morgan fingerprint density at radius 2 is 1.79 bits per heavy atom. The number of amides is 1. The zero-order valence-electron chi connectivity index (χ0n) is 19.9. The monoisotopic (exact) mass is 489 g/mol. The van der Waals surface area contributed by atoms with Gasteiger partial charge >= 0.3 is 0 Å². The first-order valence-electron chi connectivity index (χ1n) is 12.1. The zero-order chi connectivity index (χ0) is 23.5. The minimum atomic E-state index is -0.0130. The van der Waals surface area contributed by atoms with Gasteiger partial charge in [0.25, 0.3) is 5.91 Å². The van der Waals surface area contributed by atoms with Gasteiger partial charge in [0.1, 0.15) is 11.0 Å². The van der Waals surface area contributed by atoms with E-state index in [1.165, 1.54) is 19.3 Å². The summed E-state index contributed by atoms with van der Waals surface area (Å²) in [7, 11) is 0. The standard InChI is InChI=1S/C25H36ClN5OS/c1-3-13-31(14-4-2)23-18-22(26)28-25(29-23)33-19-20-8-10-21(11-9-20)24(32)27-12-17-30-15-6-5-7-16-30/h8-11,18H,3-7,12-17,19H2,1-2H3,(H,27,32). The van der Waals surface area contributed by atoms with Crippen LogP contribution in [0, 0.1) is 0 Å². The predicted molar refractivity (Wildman–Crippen MR) is 138 cm³/mol. The Morgan fingerprint density at radius 1 is 1.09 bits per heavy atom. The second-order valence-corrected chi connectivity index (χ2v) is 9.79. The molecule has 0 bridgehead atoms. The Morgan fingerprint density at radius 3 is 2.45 bits per heavy atom. The summed E-state index contributed by atoms with van der Waals surface area (Å²) in [5.74, 6) is 1.59. The predicted octanol–water partition coefficient (Wildman–Crippen LogP) is 5.26. The summed E-state index contributed by atoms with van der Waals surface area (Å²) in [4.78, 5) is 26.3. The highest BCUT2D eigenvalue weighted by Gasteiger charge is 2.12. The van der Waals surface area contributed by atoms with Gasteiger partial charge in [0.15, 0.2) is 5.16 Å². The molecule has 2 heterocycles. The molecule has 33 heavy (non-hydrogen) atoms. The zero-order valence-corrected chi connectivity index (χ0v) is 21.4. The van der Waals surface area contributed by atoms with E-state index in [2.05, 4.69) is 33.9 Å². The fourth-order valence-electron chi connectivity index (χ4n) is 4.01. The Balaban J connectivity index is 1.51. The van der Waals surface area contributed by atoms with Gasteiger partial charge in [-0.15, -0.1) is 0 Å². The van der Waals surface area contributed by atoms with Crippen LogP contribution in [0.15, 0.2) is 35.5 Å². The van der Waals surface area contributed by atoms with Gasteiger partial charge in [-0.05, 0) is 56.5 Å². The molecule has 0 atom stereocenters. The molecule has 6 nitrogen and oxygen atoms in total. The molecule has 1 aliphatic rings. The van der Waals surface area contributed by atoms with Gasteiger partial charge in [0.2, 0.25) is 0 Å². The van der Waals surface area contributed by atoms with E-state index in [-0.39, 0.29) is 5.91 Å². The lowest BCUT2D eigenvalue weighted by Crippen LogP contribution is -2.37. The van der Waals surface area contributed by atoms with Crippen molar-refractivity contribution in [2.45, 2.75) is 56.9 Å². The number of hydrogen-bond acceptors (Lipinski definition) is 6. The molecule has 0 radical (unpaired) electrons. The second-order valence-electron chi connectivity index (χ2n) is 8.46. The van der Waals surface area contributed by atoms with Gasteiger partial charge in [-0.2, -0.15) is 0 Å². The van der Waals surface area contributed by atoms with Crippen LogP contribution in [0.3, 0.4) is 0 Å². The van der Waals surface area contributed by atoms with Crippen molar-refractivity contribution in [3.05, 3.63) is 46.6 Å². The minimum absolute atomic E-state index is 0.0130. The highest BCUT2D eigenvalue weighted by molar-refractivity contribution is 7.98. The lowest BCUT2D eigenvalue weighted by molar-refractivity contribution is 0.0946. The van der Waals surface area contributed by atoms with Crippen molar-refractivity contribution in [1.29, 1.82) is 0 Å². The number of carbonyl (C=O) groups is 1. The molecule has 0 unspecified atom stereocenters. The molecule has 1 fully saturated rings. The number of benzene rings is 1. The van der Waals surface area contributed by atoms with Crippen molar-refractivity contribution in [1.82, 2.24) is 20.2 Å². The third-order valence-electron chi connectivity index (χ3n) is 5.72. The summed E-state index contributed by atoms with van der Waals surface area (Å²) in [6.45, 7) is 10.2. The topological polar surface area (TPSA) is 61.4 Å². The molecule has 8 heteroatoms. The molecule has 2 aromatic rings. The van der Waals surface area contributed by atoms with E-state index >= 15 is 0 Å². The van der Waals surface area contributed by atoms with Gasteiger partial charge in [-0.1, -0.05) is 55.8 Å². The molecule has 1 saturated heterocycles. The average molecular weight is 490 g/mol. The molecule has 0 aliphatic carbocycles. The first-order valence-corrected chi connectivity index (χ1v) is 13.5. The molecule has 0 spiro atoms. The minimum Gasteiger partial charge on any atom is -0.356 e. The normalized spacial score (nSPS) is 14.3. The number of aromatic nitrogens is 2. The van der Waals surface area contributed by atoms with Crippen LogP contribution in [-0.4, -0.2) is 60.0 Å². The number of nitrogens with zero attached hydrogens (tertiary/aromatic N) is 4. The number of nitrogens with one attached hydrogen (secondary N) is 1. The van der Waals surface area contributed by atoms with Crippen LogP contribution >= 0.6 is 23.4 Å². The molecule has 0 saturated carbocycles. The molecular formula is C25H36ClN5OS. The van der Waals surface area contributed by atoms with Crippen molar-refractivity contribution in [3.8, 4) is 0 Å². The third-order valence-corrected chi connectivity index (χ3v) is 6.83. The van der Waals surface area contributed by atoms with Crippen molar-refractivity contribution < 1.29 is 4.79 Å². The van der Waals surface area contributed by atoms with Crippen LogP contribution in [0.25, 0.3) is 0 Å². The molecule has 1 aromatic carbocycles. The Bertz CT molecular complexity index is 868. The van der Waals surface area contributed by atoms with E-state index < -0.39 is 0 Å². The summed E-state index contributed by atoms with van der Waals surface area (Å²) in [6.07, 6.45) is 5.98. The number of thioether (sulfide) groups is 1. The van der Waals surface area contributed by atoms with Crippen LogP contribution in [0.1, 0.15) is 61.9 Å². The van der Waals surface area contributed by atoms with E-state index in [1.54, 1.807) is 11.8 Å². The number of anilines is 1. The number of carbonyl (C=O) groups excluding carboxylic acids is 1. The number of halogens is 1. The first kappa shape index (κ1) is 25.8. The number of hydrogen-bond donors (Lipinski definition) is 1. The molecule has 1 aromatic heterocycles. The largest absolute Gasteiger partial charge is 0.356 e. The quantitative estimate of drug-likeness (QED) is 0.249. The maximum Gasteiger partial charge on any atom is 0.251 e. The van der Waals surface area contributed by atoms with E-state index in [0.29, 0.717) is 22.4 Å². The number of rotatable bonds is 12. The maximum absolute atomic E-state index is 12.4. The van der Waals surface area contributed by atoms with E-state index in [0.717, 1.165) is 62.7 Å². The summed E-state index contributed by atoms with van der Waals surface area (Å²) in [6, 6.07) is 9.62. The Hall–Kier alpha value is -1.83. The lowest BCUT2D eigenvalue weighted by Gasteiger charge is -2.26. The molecule has 180 valence electrons. The fraction of sp³-hybridized carbons (Fsp3) is 0.560. The molecular weight excluding hydrogens is 454 g/mol. The van der Waals surface area contributed by atoms with E-state index in [9.17, 15) is 4.79 Å². The third kappa shape index (κ3) is 8.47. The highest BCUT2D eigenvalue weighted by Crippen LogP contribution is 2.25.